The summed E-state index contributed by atoms with van der Waals surface area (Å²) in [5, 5.41) is 3.23. The fourth-order valence-corrected chi connectivity index (χ4v) is 4.52. The topological polar surface area (TPSA) is 86.4 Å². The molecule has 2 N–H and O–H groups in total. The summed E-state index contributed by atoms with van der Waals surface area (Å²) in [7, 11) is 0. The number of rotatable bonds is 5. The number of nitrogens with zero attached hydrogens (tertiary/aromatic N) is 4. The predicted molar refractivity (Wildman–Crippen MR) is 130 cm³/mol. The molecule has 8 nitrogen and oxygen atoms in total. The number of benzene rings is 1. The Labute approximate surface area is 193 Å². The van der Waals surface area contributed by atoms with Crippen LogP contribution in [-0.4, -0.2) is 58.7 Å². The number of aromatic nitrogens is 3. The molecule has 5 rings (SSSR count). The molecule has 0 saturated carbocycles. The van der Waals surface area contributed by atoms with Crippen LogP contribution in [0.1, 0.15) is 25.1 Å². The van der Waals surface area contributed by atoms with Crippen LogP contribution < -0.4 is 15.8 Å². The highest BCUT2D eigenvalue weighted by Crippen LogP contribution is 2.31. The van der Waals surface area contributed by atoms with Gasteiger partial charge in [0.15, 0.2) is 5.82 Å². The Morgan fingerprint density at radius 2 is 2.00 bits per heavy atom. The van der Waals surface area contributed by atoms with E-state index in [1.165, 1.54) is 11.6 Å². The first-order chi connectivity index (χ1) is 16.1. The Bertz CT molecular complexity index is 1180. The minimum absolute atomic E-state index is 0.134. The first-order valence-electron chi connectivity index (χ1n) is 11.6. The van der Waals surface area contributed by atoms with Crippen molar-refractivity contribution in [3.8, 4) is 11.4 Å². The van der Waals surface area contributed by atoms with Crippen LogP contribution in [0.4, 0.5) is 17.3 Å². The maximum absolute atomic E-state index is 11.5. The predicted octanol–water partition coefficient (Wildman–Crippen LogP) is 3.18. The molecule has 1 atom stereocenters. The summed E-state index contributed by atoms with van der Waals surface area (Å²) in [4.78, 5) is 29.2. The van der Waals surface area contributed by atoms with Gasteiger partial charge in [0.1, 0.15) is 11.6 Å². The van der Waals surface area contributed by atoms with E-state index in [4.69, 9.17) is 14.7 Å². The highest BCUT2D eigenvalue weighted by atomic mass is 16.5. The lowest BCUT2D eigenvalue weighted by Gasteiger charge is -2.37. The van der Waals surface area contributed by atoms with Gasteiger partial charge in [0.2, 0.25) is 5.56 Å². The normalized spacial score (nSPS) is 18.7. The van der Waals surface area contributed by atoms with Crippen LogP contribution in [0.15, 0.2) is 47.3 Å². The molecule has 172 valence electrons. The second-order valence-electron chi connectivity index (χ2n) is 8.66. The van der Waals surface area contributed by atoms with E-state index in [0.717, 1.165) is 74.4 Å². The van der Waals surface area contributed by atoms with Gasteiger partial charge in [-0.05, 0) is 50.2 Å². The van der Waals surface area contributed by atoms with Crippen LogP contribution in [0.25, 0.3) is 11.4 Å². The maximum atomic E-state index is 11.5. The highest BCUT2D eigenvalue weighted by molar-refractivity contribution is 5.65. The van der Waals surface area contributed by atoms with Crippen molar-refractivity contribution < 1.29 is 4.74 Å². The Morgan fingerprint density at radius 3 is 2.76 bits per heavy atom. The molecule has 1 saturated heterocycles. The van der Waals surface area contributed by atoms with E-state index in [1.54, 1.807) is 6.07 Å². The minimum Gasteiger partial charge on any atom is -0.377 e. The van der Waals surface area contributed by atoms with Gasteiger partial charge in [-0.3, -0.25) is 9.69 Å². The standard InChI is InChI=1S/C25H30N6O2/c1-3-30-12-11-20-21(15-30)27-24(29-25(20)31-13-14-33-16-17(31)2)18-7-9-19(10-8-18)26-22-5-4-6-23(32)28-22/h4-10,17H,3,11-16H2,1-2H3,(H2,26,28,32)/t17-/m0/s1. The number of morpholine rings is 1. The molecule has 8 heteroatoms. The number of hydrogen-bond donors (Lipinski definition) is 2. The molecule has 2 aromatic heterocycles. The van der Waals surface area contributed by atoms with Crippen molar-refractivity contribution in [1.29, 1.82) is 0 Å². The van der Waals surface area contributed by atoms with E-state index in [9.17, 15) is 4.79 Å². The fourth-order valence-electron chi connectivity index (χ4n) is 4.52. The van der Waals surface area contributed by atoms with Gasteiger partial charge in [-0.15, -0.1) is 0 Å². The lowest BCUT2D eigenvalue weighted by Crippen LogP contribution is -2.45. The zero-order valence-corrected chi connectivity index (χ0v) is 19.2. The van der Waals surface area contributed by atoms with Crippen molar-refractivity contribution in [2.75, 3.05) is 43.1 Å². The van der Waals surface area contributed by atoms with Crippen LogP contribution in [0.2, 0.25) is 0 Å². The van der Waals surface area contributed by atoms with Crippen LogP contribution in [0, 0.1) is 0 Å². The average molecular weight is 447 g/mol. The maximum Gasteiger partial charge on any atom is 0.249 e. The molecule has 0 radical (unpaired) electrons. The van der Waals surface area contributed by atoms with Crippen LogP contribution in [0.5, 0.6) is 0 Å². The van der Waals surface area contributed by atoms with Crippen molar-refractivity contribution in [1.82, 2.24) is 19.9 Å². The van der Waals surface area contributed by atoms with E-state index in [2.05, 4.69) is 33.9 Å². The summed E-state index contributed by atoms with van der Waals surface area (Å²) in [6.07, 6.45) is 0.973. The first kappa shape index (κ1) is 21.6. The zero-order valence-electron chi connectivity index (χ0n) is 19.2. The summed E-state index contributed by atoms with van der Waals surface area (Å²) >= 11 is 0. The molecular weight excluding hydrogens is 416 g/mol. The number of H-pyrrole nitrogens is 1. The Kier molecular flexibility index (Phi) is 6.11. The summed E-state index contributed by atoms with van der Waals surface area (Å²) in [5.74, 6) is 2.47. The number of ether oxygens (including phenoxy) is 1. The number of likely N-dealkylation sites (N-methyl/N-ethyl adjacent to an activating group) is 1. The van der Waals surface area contributed by atoms with Crippen LogP contribution in [-0.2, 0) is 17.7 Å². The van der Waals surface area contributed by atoms with Gasteiger partial charge >= 0.3 is 0 Å². The zero-order chi connectivity index (χ0) is 22.8. The second kappa shape index (κ2) is 9.33. The molecular formula is C25H30N6O2. The second-order valence-corrected chi connectivity index (χ2v) is 8.66. The Balaban J connectivity index is 1.48. The quantitative estimate of drug-likeness (QED) is 0.623. The largest absolute Gasteiger partial charge is 0.377 e. The molecule has 33 heavy (non-hydrogen) atoms. The summed E-state index contributed by atoms with van der Waals surface area (Å²) < 4.78 is 5.67. The molecule has 0 unspecified atom stereocenters. The van der Waals surface area contributed by atoms with Crippen molar-refractivity contribution in [3.63, 3.8) is 0 Å². The average Bonchev–Trinajstić information content (AvgIpc) is 2.84. The smallest absolute Gasteiger partial charge is 0.249 e. The van der Waals surface area contributed by atoms with Gasteiger partial charge in [-0.1, -0.05) is 13.0 Å². The number of nitrogens with one attached hydrogen (secondary N) is 2. The van der Waals surface area contributed by atoms with Crippen molar-refractivity contribution >= 4 is 17.3 Å². The SMILES string of the molecule is CCN1CCc2c(nc(-c3ccc(Nc4cccc(=O)[nH]4)cc3)nc2N2CCOC[C@@H]2C)C1. The van der Waals surface area contributed by atoms with Gasteiger partial charge in [0, 0.05) is 42.5 Å². The lowest BCUT2D eigenvalue weighted by atomic mass is 10.0. The fraction of sp³-hybridized carbons (Fsp3) is 0.400. The Morgan fingerprint density at radius 1 is 1.15 bits per heavy atom. The number of pyridine rings is 1. The number of hydrogen-bond acceptors (Lipinski definition) is 7. The van der Waals surface area contributed by atoms with Gasteiger partial charge in [-0.25, -0.2) is 9.97 Å². The van der Waals surface area contributed by atoms with Gasteiger partial charge in [0.25, 0.3) is 0 Å². The molecule has 0 spiro atoms. The number of fused-ring (bicyclic) bond motifs is 1. The number of aromatic amines is 1. The number of anilines is 3. The molecule has 4 heterocycles. The molecule has 0 amide bonds. The lowest BCUT2D eigenvalue weighted by molar-refractivity contribution is 0.0983. The van der Waals surface area contributed by atoms with Gasteiger partial charge in [0.05, 0.1) is 24.9 Å². The molecule has 2 aliphatic rings. The van der Waals surface area contributed by atoms with E-state index in [0.29, 0.717) is 5.82 Å². The van der Waals surface area contributed by atoms with Crippen molar-refractivity contribution in [3.05, 3.63) is 64.1 Å². The van der Waals surface area contributed by atoms with Gasteiger partial charge in [-0.2, -0.15) is 0 Å². The van der Waals surface area contributed by atoms with Crippen LogP contribution in [0.3, 0.4) is 0 Å². The van der Waals surface area contributed by atoms with E-state index in [1.807, 2.05) is 30.3 Å². The van der Waals surface area contributed by atoms with E-state index >= 15 is 0 Å². The molecule has 2 aliphatic heterocycles. The van der Waals surface area contributed by atoms with E-state index in [-0.39, 0.29) is 11.6 Å². The monoisotopic (exact) mass is 446 g/mol. The van der Waals surface area contributed by atoms with Crippen molar-refractivity contribution in [2.45, 2.75) is 32.9 Å². The third-order valence-electron chi connectivity index (χ3n) is 6.40. The molecule has 0 bridgehead atoms. The highest BCUT2D eigenvalue weighted by Gasteiger charge is 2.28. The molecule has 1 fully saturated rings. The molecule has 1 aromatic carbocycles. The van der Waals surface area contributed by atoms with Crippen molar-refractivity contribution in [2.24, 2.45) is 0 Å². The van der Waals surface area contributed by atoms with Crippen LogP contribution >= 0.6 is 0 Å². The summed E-state index contributed by atoms with van der Waals surface area (Å²) in [5.41, 5.74) is 4.14. The van der Waals surface area contributed by atoms with Gasteiger partial charge < -0.3 is 19.9 Å². The molecule has 0 aliphatic carbocycles. The summed E-state index contributed by atoms with van der Waals surface area (Å²) in [6, 6.07) is 13.4. The third-order valence-corrected chi connectivity index (χ3v) is 6.40. The Hall–Kier alpha value is -3.23. The minimum atomic E-state index is -0.134. The molecule has 3 aromatic rings. The summed E-state index contributed by atoms with van der Waals surface area (Å²) in [6.45, 7) is 9.60. The third kappa shape index (κ3) is 4.62. The van der Waals surface area contributed by atoms with E-state index < -0.39 is 0 Å². The first-order valence-corrected chi connectivity index (χ1v) is 11.6.